The fourth-order valence-electron chi connectivity index (χ4n) is 7.08. The van der Waals surface area contributed by atoms with Crippen LogP contribution in [0.4, 0.5) is 0 Å². The quantitative estimate of drug-likeness (QED) is 0.223. The molecule has 0 aromatic heterocycles. The van der Waals surface area contributed by atoms with E-state index in [0.717, 1.165) is 0 Å². The summed E-state index contributed by atoms with van der Waals surface area (Å²) in [4.78, 5) is 0. The minimum atomic E-state index is -0.358. The molecule has 0 saturated heterocycles. The standard InChI is InChI=1S/C39H28/c1-25-13-17-31-33-19-15-29(27-9-5-3-6-10-27)23-37(33)39(35(31)21-25)36-22-26(2)14-18-32(36)34-20-16-30(24-38(34)39)28-11-7-4-8-12-28/h3-24H,1-2H3. The van der Waals surface area contributed by atoms with E-state index in [9.17, 15) is 0 Å². The number of benzene rings is 6. The summed E-state index contributed by atoms with van der Waals surface area (Å²) in [5.41, 5.74) is 18.2. The Labute approximate surface area is 230 Å². The fraction of sp³-hybridized carbons (Fsp3) is 0.0769. The Balaban J connectivity index is 1.52. The minimum absolute atomic E-state index is 0.358. The fourth-order valence-corrected chi connectivity index (χ4v) is 7.08. The molecule has 0 saturated carbocycles. The Morgan fingerprint density at radius 3 is 1.10 bits per heavy atom. The van der Waals surface area contributed by atoms with Gasteiger partial charge in [-0.05, 0) is 92.7 Å². The van der Waals surface area contributed by atoms with Crippen LogP contribution in [-0.2, 0) is 5.41 Å². The topological polar surface area (TPSA) is 0 Å². The van der Waals surface area contributed by atoms with Crippen LogP contribution in [0.2, 0.25) is 0 Å². The smallest absolute Gasteiger partial charge is 0.0622 e. The summed E-state index contributed by atoms with van der Waals surface area (Å²) in [6.45, 7) is 4.44. The van der Waals surface area contributed by atoms with Crippen molar-refractivity contribution >= 4 is 0 Å². The molecule has 0 nitrogen and oxygen atoms in total. The predicted octanol–water partition coefficient (Wildman–Crippen LogP) is 9.98. The molecule has 2 aliphatic carbocycles. The molecule has 1 spiro atoms. The second-order valence-corrected chi connectivity index (χ2v) is 11.1. The zero-order chi connectivity index (χ0) is 26.1. The number of aryl methyl sites for hydroxylation is 2. The Morgan fingerprint density at radius 1 is 0.333 bits per heavy atom. The summed E-state index contributed by atoms with van der Waals surface area (Å²) < 4.78 is 0. The highest BCUT2D eigenvalue weighted by Gasteiger charge is 2.52. The van der Waals surface area contributed by atoms with Crippen molar-refractivity contribution in [3.05, 3.63) is 167 Å². The zero-order valence-electron chi connectivity index (χ0n) is 22.2. The van der Waals surface area contributed by atoms with E-state index >= 15 is 0 Å². The molecule has 0 heterocycles. The number of fused-ring (bicyclic) bond motifs is 10. The predicted molar refractivity (Wildman–Crippen MR) is 163 cm³/mol. The van der Waals surface area contributed by atoms with Gasteiger partial charge in [-0.15, -0.1) is 0 Å². The Bertz CT molecular complexity index is 1770. The van der Waals surface area contributed by atoms with E-state index in [0.29, 0.717) is 0 Å². The average molecular weight is 497 g/mol. The maximum atomic E-state index is 2.47. The Hall–Kier alpha value is -4.68. The number of hydrogen-bond acceptors (Lipinski definition) is 0. The lowest BCUT2D eigenvalue weighted by Crippen LogP contribution is -2.26. The van der Waals surface area contributed by atoms with Crippen LogP contribution in [-0.4, -0.2) is 0 Å². The molecule has 0 fully saturated rings. The van der Waals surface area contributed by atoms with Gasteiger partial charge in [-0.25, -0.2) is 0 Å². The van der Waals surface area contributed by atoms with Gasteiger partial charge in [-0.2, -0.15) is 0 Å². The van der Waals surface area contributed by atoms with Gasteiger partial charge < -0.3 is 0 Å². The van der Waals surface area contributed by atoms with E-state index in [1.807, 2.05) is 0 Å². The lowest BCUT2D eigenvalue weighted by atomic mass is 9.69. The second kappa shape index (κ2) is 8.16. The van der Waals surface area contributed by atoms with Gasteiger partial charge in [-0.1, -0.05) is 132 Å². The largest absolute Gasteiger partial charge is 0.0726 e. The molecule has 6 aromatic rings. The molecule has 6 aromatic carbocycles. The number of rotatable bonds is 2. The maximum absolute atomic E-state index is 2.47. The Morgan fingerprint density at radius 2 is 0.692 bits per heavy atom. The van der Waals surface area contributed by atoms with Gasteiger partial charge in [0.15, 0.2) is 0 Å². The molecular formula is C39H28. The van der Waals surface area contributed by atoms with Gasteiger partial charge in [0.25, 0.3) is 0 Å². The molecule has 0 unspecified atom stereocenters. The SMILES string of the molecule is Cc1ccc2c(c1)C1(c3cc(C)ccc3-c3ccc(-c4ccccc4)cc31)c1cc(-c3ccccc3)ccc1-2. The van der Waals surface area contributed by atoms with Crippen molar-refractivity contribution in [2.75, 3.05) is 0 Å². The lowest BCUT2D eigenvalue weighted by Gasteiger charge is -2.31. The second-order valence-electron chi connectivity index (χ2n) is 11.1. The normalized spacial score (nSPS) is 13.6. The lowest BCUT2D eigenvalue weighted by molar-refractivity contribution is 0.792. The van der Waals surface area contributed by atoms with Gasteiger partial charge in [0.2, 0.25) is 0 Å². The molecule has 0 bridgehead atoms. The summed E-state index contributed by atoms with van der Waals surface area (Å²) >= 11 is 0. The van der Waals surface area contributed by atoms with Crippen LogP contribution in [0.25, 0.3) is 44.5 Å². The van der Waals surface area contributed by atoms with E-state index in [1.165, 1.54) is 77.9 Å². The third kappa shape index (κ3) is 3.06. The molecule has 0 radical (unpaired) electrons. The Kier molecular flexibility index (Phi) is 4.67. The summed E-state index contributed by atoms with van der Waals surface area (Å²) in [6.07, 6.45) is 0. The van der Waals surface area contributed by atoms with E-state index < -0.39 is 0 Å². The molecule has 0 atom stereocenters. The van der Waals surface area contributed by atoms with Crippen LogP contribution in [0.1, 0.15) is 33.4 Å². The summed E-state index contributed by atoms with van der Waals surface area (Å²) in [6, 6.07) is 49.9. The average Bonchev–Trinajstić information content (AvgIpc) is 3.43. The summed E-state index contributed by atoms with van der Waals surface area (Å²) in [5, 5.41) is 0. The first-order valence-electron chi connectivity index (χ1n) is 13.8. The van der Waals surface area contributed by atoms with E-state index in [-0.39, 0.29) is 5.41 Å². The highest BCUT2D eigenvalue weighted by Crippen LogP contribution is 2.63. The number of hydrogen-bond donors (Lipinski definition) is 0. The van der Waals surface area contributed by atoms with Crippen molar-refractivity contribution in [1.29, 1.82) is 0 Å². The summed E-state index contributed by atoms with van der Waals surface area (Å²) in [7, 11) is 0. The third-order valence-corrected chi connectivity index (χ3v) is 8.80. The van der Waals surface area contributed by atoms with Crippen LogP contribution >= 0.6 is 0 Å². The third-order valence-electron chi connectivity index (χ3n) is 8.80. The van der Waals surface area contributed by atoms with Crippen molar-refractivity contribution < 1.29 is 0 Å². The first-order chi connectivity index (χ1) is 19.1. The molecule has 184 valence electrons. The van der Waals surface area contributed by atoms with Crippen LogP contribution < -0.4 is 0 Å². The molecular weight excluding hydrogens is 468 g/mol. The van der Waals surface area contributed by atoms with Crippen molar-refractivity contribution in [2.24, 2.45) is 0 Å². The molecule has 0 amide bonds. The van der Waals surface area contributed by atoms with E-state index in [4.69, 9.17) is 0 Å². The van der Waals surface area contributed by atoms with Crippen LogP contribution in [0.15, 0.2) is 133 Å². The van der Waals surface area contributed by atoms with Gasteiger partial charge in [0, 0.05) is 0 Å². The van der Waals surface area contributed by atoms with Crippen LogP contribution in [0.3, 0.4) is 0 Å². The molecule has 39 heavy (non-hydrogen) atoms. The monoisotopic (exact) mass is 496 g/mol. The van der Waals surface area contributed by atoms with Crippen molar-refractivity contribution in [1.82, 2.24) is 0 Å². The molecule has 2 aliphatic rings. The zero-order valence-corrected chi connectivity index (χ0v) is 22.2. The molecule has 0 heteroatoms. The first-order valence-corrected chi connectivity index (χ1v) is 13.8. The van der Waals surface area contributed by atoms with Crippen molar-refractivity contribution in [3.63, 3.8) is 0 Å². The molecule has 8 rings (SSSR count). The van der Waals surface area contributed by atoms with Crippen LogP contribution in [0, 0.1) is 13.8 Å². The molecule has 0 N–H and O–H groups in total. The highest BCUT2D eigenvalue weighted by atomic mass is 14.5. The van der Waals surface area contributed by atoms with Crippen molar-refractivity contribution in [2.45, 2.75) is 19.3 Å². The van der Waals surface area contributed by atoms with Crippen molar-refractivity contribution in [3.8, 4) is 44.5 Å². The van der Waals surface area contributed by atoms with E-state index in [1.54, 1.807) is 0 Å². The van der Waals surface area contributed by atoms with Gasteiger partial charge >= 0.3 is 0 Å². The highest BCUT2D eigenvalue weighted by molar-refractivity contribution is 5.97. The van der Waals surface area contributed by atoms with E-state index in [2.05, 4.69) is 147 Å². The summed E-state index contributed by atoms with van der Waals surface area (Å²) in [5.74, 6) is 0. The van der Waals surface area contributed by atoms with Crippen LogP contribution in [0.5, 0.6) is 0 Å². The van der Waals surface area contributed by atoms with Gasteiger partial charge in [0.05, 0.1) is 5.41 Å². The van der Waals surface area contributed by atoms with Gasteiger partial charge in [0.1, 0.15) is 0 Å². The maximum Gasteiger partial charge on any atom is 0.0726 e. The minimum Gasteiger partial charge on any atom is -0.0622 e. The van der Waals surface area contributed by atoms with Gasteiger partial charge in [-0.3, -0.25) is 0 Å². The first kappa shape index (κ1) is 22.3. The molecule has 0 aliphatic heterocycles.